The van der Waals surface area contributed by atoms with Crippen molar-refractivity contribution in [2.75, 3.05) is 6.61 Å². The van der Waals surface area contributed by atoms with Gasteiger partial charge in [0.2, 0.25) is 0 Å². The smallest absolute Gasteiger partial charge is 0.434 e. The van der Waals surface area contributed by atoms with E-state index in [4.69, 9.17) is 0 Å². The molecule has 0 unspecified atom stereocenters. The summed E-state index contributed by atoms with van der Waals surface area (Å²) in [5.74, 6) is 0. The van der Waals surface area contributed by atoms with Crippen LogP contribution in [-0.2, 0) is 26.7 Å². The molecule has 0 heterocycles. The van der Waals surface area contributed by atoms with Gasteiger partial charge in [-0.05, 0) is 53.2 Å². The van der Waals surface area contributed by atoms with E-state index in [1.165, 1.54) is 11.1 Å². The Balaban J connectivity index is 2.87. The number of ether oxygens (including phenoxy) is 2. The predicted molar refractivity (Wildman–Crippen MR) is 99.9 cm³/mol. The van der Waals surface area contributed by atoms with E-state index in [0.717, 1.165) is 18.4 Å². The van der Waals surface area contributed by atoms with Crippen LogP contribution in [0.4, 0.5) is 18.0 Å². The maximum atomic E-state index is 11.9. The van der Waals surface area contributed by atoms with Crippen LogP contribution in [0.5, 0.6) is 0 Å². The Labute approximate surface area is 160 Å². The Morgan fingerprint density at radius 3 is 2.11 bits per heavy atom. The van der Waals surface area contributed by atoms with E-state index >= 15 is 0 Å². The molecule has 0 atom stereocenters. The third-order valence-electron chi connectivity index (χ3n) is 5.40. The average Bonchev–Trinajstić information content (AvgIpc) is 2.57. The van der Waals surface area contributed by atoms with Gasteiger partial charge in [-0.25, -0.2) is 4.79 Å². The van der Waals surface area contributed by atoms with Crippen molar-refractivity contribution in [3.05, 3.63) is 34.9 Å². The minimum absolute atomic E-state index is 0.0226. The van der Waals surface area contributed by atoms with E-state index in [1.54, 1.807) is 0 Å². The number of halogens is 3. The topological polar surface area (TPSA) is 35.5 Å². The minimum atomic E-state index is -5.02. The lowest BCUT2D eigenvalue weighted by molar-refractivity contribution is -0.299. The normalized spacial score (nSPS) is 12.8. The van der Waals surface area contributed by atoms with Gasteiger partial charge in [0.25, 0.3) is 0 Å². The van der Waals surface area contributed by atoms with Crippen LogP contribution < -0.4 is 0 Å². The fourth-order valence-electron chi connectivity index (χ4n) is 2.78. The summed E-state index contributed by atoms with van der Waals surface area (Å²) >= 11 is 0. The third kappa shape index (κ3) is 7.07. The molecule has 0 saturated heterocycles. The van der Waals surface area contributed by atoms with Crippen molar-refractivity contribution in [1.29, 1.82) is 0 Å². The Kier molecular flexibility index (Phi) is 7.76. The highest BCUT2D eigenvalue weighted by Crippen LogP contribution is 2.35. The second-order valence-electron chi connectivity index (χ2n) is 8.10. The first kappa shape index (κ1) is 23.3. The Hall–Kier alpha value is -1.72. The molecule has 0 aromatic heterocycles. The fraction of sp³-hybridized carbons (Fsp3) is 0.667. The quantitative estimate of drug-likeness (QED) is 0.369. The molecule has 3 nitrogen and oxygen atoms in total. The van der Waals surface area contributed by atoms with E-state index < -0.39 is 12.5 Å². The number of carbonyl (C=O) groups excluding carboxylic acids is 1. The lowest BCUT2D eigenvalue weighted by Gasteiger charge is -2.31. The molecule has 0 spiro atoms. The molecule has 1 aromatic rings. The molecular weight excluding hydrogens is 357 g/mol. The highest BCUT2D eigenvalue weighted by atomic mass is 19.4. The summed E-state index contributed by atoms with van der Waals surface area (Å²) in [6.07, 6.45) is -3.70. The Morgan fingerprint density at radius 2 is 1.59 bits per heavy atom. The standard InChI is InChI=1S/C21H31F3O3/c1-7-19(3,4)16-12-11-15(17(14-16)20(5,6)8-2)10-9-13-26-18(25)27-21(22,23)24/h11-12,14H,7-10,13H2,1-6H3. The van der Waals surface area contributed by atoms with Gasteiger partial charge in [-0.15, -0.1) is 13.2 Å². The van der Waals surface area contributed by atoms with Crippen molar-refractivity contribution in [3.63, 3.8) is 0 Å². The molecule has 27 heavy (non-hydrogen) atoms. The highest BCUT2D eigenvalue weighted by Gasteiger charge is 2.35. The van der Waals surface area contributed by atoms with E-state index in [9.17, 15) is 18.0 Å². The molecule has 1 aromatic carbocycles. The second-order valence-corrected chi connectivity index (χ2v) is 8.10. The van der Waals surface area contributed by atoms with E-state index in [-0.39, 0.29) is 17.4 Å². The summed E-state index contributed by atoms with van der Waals surface area (Å²) in [7, 11) is 0. The van der Waals surface area contributed by atoms with Gasteiger partial charge >= 0.3 is 12.5 Å². The molecular formula is C21H31F3O3. The molecule has 0 saturated carbocycles. The van der Waals surface area contributed by atoms with Crippen molar-refractivity contribution < 1.29 is 27.4 Å². The molecule has 0 aliphatic carbocycles. The highest BCUT2D eigenvalue weighted by molar-refractivity contribution is 5.60. The number of hydrogen-bond acceptors (Lipinski definition) is 3. The van der Waals surface area contributed by atoms with Gasteiger partial charge in [0, 0.05) is 0 Å². The van der Waals surface area contributed by atoms with Gasteiger partial charge in [0.05, 0.1) is 6.61 Å². The molecule has 154 valence electrons. The van der Waals surface area contributed by atoms with Gasteiger partial charge in [-0.1, -0.05) is 59.7 Å². The van der Waals surface area contributed by atoms with Crippen molar-refractivity contribution in [2.45, 2.75) is 84.4 Å². The van der Waals surface area contributed by atoms with E-state index in [2.05, 4.69) is 69.2 Å². The summed E-state index contributed by atoms with van der Waals surface area (Å²) in [6.45, 7) is 13.0. The fourth-order valence-corrected chi connectivity index (χ4v) is 2.78. The molecule has 0 aliphatic rings. The lowest BCUT2D eigenvalue weighted by Crippen LogP contribution is -2.22. The Morgan fingerprint density at radius 1 is 1.00 bits per heavy atom. The van der Waals surface area contributed by atoms with Crippen molar-refractivity contribution in [3.8, 4) is 0 Å². The number of hydrogen-bond donors (Lipinski definition) is 0. The monoisotopic (exact) mass is 388 g/mol. The molecule has 0 aliphatic heterocycles. The third-order valence-corrected chi connectivity index (χ3v) is 5.40. The summed E-state index contributed by atoms with van der Waals surface area (Å²) in [4.78, 5) is 11.0. The molecule has 0 N–H and O–H groups in total. The van der Waals surface area contributed by atoms with Crippen LogP contribution in [0.1, 0.15) is 77.5 Å². The van der Waals surface area contributed by atoms with Crippen LogP contribution in [0.25, 0.3) is 0 Å². The van der Waals surface area contributed by atoms with E-state index in [0.29, 0.717) is 12.8 Å². The van der Waals surface area contributed by atoms with Crippen LogP contribution in [0.3, 0.4) is 0 Å². The zero-order chi connectivity index (χ0) is 20.9. The lowest BCUT2D eigenvalue weighted by atomic mass is 9.74. The molecule has 0 radical (unpaired) electrons. The number of aryl methyl sites for hydroxylation is 1. The van der Waals surface area contributed by atoms with Gasteiger partial charge in [0.1, 0.15) is 0 Å². The van der Waals surface area contributed by atoms with Gasteiger partial charge in [-0.3, -0.25) is 0 Å². The number of alkyl halides is 3. The molecule has 0 amide bonds. The minimum Gasteiger partial charge on any atom is -0.434 e. The second kappa shape index (κ2) is 8.98. The maximum absolute atomic E-state index is 11.9. The van der Waals surface area contributed by atoms with Gasteiger partial charge in [-0.2, -0.15) is 0 Å². The maximum Gasteiger partial charge on any atom is 0.577 e. The van der Waals surface area contributed by atoms with Crippen LogP contribution in [0, 0.1) is 0 Å². The molecule has 0 fully saturated rings. The van der Waals surface area contributed by atoms with Gasteiger partial charge in [0.15, 0.2) is 0 Å². The summed E-state index contributed by atoms with van der Waals surface area (Å²) in [5, 5.41) is 0. The molecule has 1 rings (SSSR count). The zero-order valence-electron chi connectivity index (χ0n) is 17.1. The predicted octanol–water partition coefficient (Wildman–Crippen LogP) is 6.67. The van der Waals surface area contributed by atoms with Crippen LogP contribution in [0.2, 0.25) is 0 Å². The van der Waals surface area contributed by atoms with Crippen molar-refractivity contribution >= 4 is 6.16 Å². The van der Waals surface area contributed by atoms with Crippen LogP contribution in [0.15, 0.2) is 18.2 Å². The largest absolute Gasteiger partial charge is 0.577 e. The number of benzene rings is 1. The average molecular weight is 388 g/mol. The summed E-state index contributed by atoms with van der Waals surface area (Å²) < 4.78 is 43.5. The summed E-state index contributed by atoms with van der Waals surface area (Å²) in [6, 6.07) is 6.46. The first-order chi connectivity index (χ1) is 12.3. The van der Waals surface area contributed by atoms with Crippen molar-refractivity contribution in [2.24, 2.45) is 0 Å². The SMILES string of the molecule is CCC(C)(C)c1ccc(CCCOC(=O)OC(F)(F)F)c(C(C)(C)CC)c1. The van der Waals surface area contributed by atoms with E-state index in [1.807, 2.05) is 0 Å². The first-order valence-corrected chi connectivity index (χ1v) is 9.39. The molecule has 0 bridgehead atoms. The van der Waals surface area contributed by atoms with Crippen molar-refractivity contribution in [1.82, 2.24) is 0 Å². The van der Waals surface area contributed by atoms with Crippen LogP contribution >= 0.6 is 0 Å². The number of carbonyl (C=O) groups is 1. The number of rotatable bonds is 8. The first-order valence-electron chi connectivity index (χ1n) is 9.39. The van der Waals surface area contributed by atoms with Crippen LogP contribution in [-0.4, -0.2) is 19.1 Å². The Bertz CT molecular complexity index is 634. The molecule has 6 heteroatoms. The summed E-state index contributed by atoms with van der Waals surface area (Å²) in [5.41, 5.74) is 3.69. The zero-order valence-corrected chi connectivity index (χ0v) is 17.1. The van der Waals surface area contributed by atoms with Gasteiger partial charge < -0.3 is 9.47 Å².